The van der Waals surface area contributed by atoms with Gasteiger partial charge in [0.05, 0.1) is 13.2 Å². The van der Waals surface area contributed by atoms with Crippen LogP contribution in [0.25, 0.3) is 11.2 Å². The van der Waals surface area contributed by atoms with Crippen LogP contribution in [0.15, 0.2) is 6.33 Å². The van der Waals surface area contributed by atoms with Crippen LogP contribution in [0.3, 0.4) is 0 Å². The zero-order valence-corrected chi connectivity index (χ0v) is 9.74. The summed E-state index contributed by atoms with van der Waals surface area (Å²) >= 11 is 0. The molecule has 96 valence electrons. The van der Waals surface area contributed by atoms with Crippen molar-refractivity contribution in [2.24, 2.45) is 0 Å². The van der Waals surface area contributed by atoms with Crippen molar-refractivity contribution in [1.82, 2.24) is 14.5 Å². The van der Waals surface area contributed by atoms with Gasteiger partial charge in [-0.25, -0.2) is 4.98 Å². The summed E-state index contributed by atoms with van der Waals surface area (Å²) in [7, 11) is 0. The average Bonchev–Trinajstić information content (AvgIpc) is 2.96. The second-order valence-electron chi connectivity index (χ2n) is 3.92. The van der Waals surface area contributed by atoms with Crippen LogP contribution in [0.4, 0.5) is 5.95 Å². The maximum atomic E-state index is 8.67. The number of hydrogen-bond acceptors (Lipinski definition) is 6. The van der Waals surface area contributed by atoms with Crippen molar-refractivity contribution in [2.75, 3.05) is 25.6 Å². The van der Waals surface area contributed by atoms with Gasteiger partial charge < -0.3 is 14.6 Å². The molecule has 0 saturated carbocycles. The number of fused-ring (bicyclic) bond motifs is 3. The van der Waals surface area contributed by atoms with Crippen LogP contribution in [-0.4, -0.2) is 39.5 Å². The molecule has 0 atom stereocenters. The van der Waals surface area contributed by atoms with Crippen LogP contribution in [0.1, 0.15) is 0 Å². The molecule has 0 bridgehead atoms. The number of nitrogens with zero attached hydrogens (tertiary/aromatic N) is 4. The Bertz CT molecular complexity index is 582. The van der Waals surface area contributed by atoms with Crippen LogP contribution in [0.5, 0.6) is 5.88 Å². The summed E-state index contributed by atoms with van der Waals surface area (Å²) < 4.78 is 14.3. The van der Waals surface area contributed by atoms with Gasteiger partial charge in [0, 0.05) is 0 Å². The lowest BCUT2D eigenvalue weighted by atomic mass is 10.5. The Labute approximate surface area is 103 Å². The first-order chi connectivity index (χ1) is 8.81. The summed E-state index contributed by atoms with van der Waals surface area (Å²) in [6.07, 6.45) is 1.62. The van der Waals surface area contributed by atoms with E-state index < -0.39 is 0 Å². The molecule has 1 aliphatic heterocycles. The average molecular weight is 252 g/mol. The highest BCUT2D eigenvalue weighted by Crippen LogP contribution is 2.22. The fourth-order valence-corrected chi connectivity index (χ4v) is 1.96. The van der Waals surface area contributed by atoms with Gasteiger partial charge in [0.2, 0.25) is 11.2 Å². The highest BCUT2D eigenvalue weighted by molar-refractivity contribution is 5.75. The Kier molecular flexibility index (Phi) is 2.73. The van der Waals surface area contributed by atoms with Crippen LogP contribution < -0.4 is 15.0 Å². The second kappa shape index (κ2) is 4.39. The van der Waals surface area contributed by atoms with Gasteiger partial charge in [-0.3, -0.25) is 10.3 Å². The van der Waals surface area contributed by atoms with Crippen molar-refractivity contribution in [3.05, 3.63) is 6.33 Å². The Morgan fingerprint density at radius 2 is 2.50 bits per heavy atom. The fourth-order valence-electron chi connectivity index (χ4n) is 1.96. The standard InChI is InChI=1S/C10H13N5O3/c11-10-13-8-7(9-15(10)1-3-18-9)12-5-14(8)6-17-4-2-16/h5,11,16H,1-4,6H2/p+1. The topological polar surface area (TPSA) is 99.3 Å². The Hall–Kier alpha value is -1.93. The normalized spacial score (nSPS) is 13.8. The van der Waals surface area contributed by atoms with Gasteiger partial charge in [0.1, 0.15) is 26.2 Å². The Morgan fingerprint density at radius 3 is 3.33 bits per heavy atom. The molecule has 0 radical (unpaired) electrons. The van der Waals surface area contributed by atoms with Crippen molar-refractivity contribution >= 4 is 17.1 Å². The molecule has 0 aliphatic carbocycles. The van der Waals surface area contributed by atoms with Crippen LogP contribution in [-0.2, 0) is 18.0 Å². The summed E-state index contributed by atoms with van der Waals surface area (Å²) in [4.78, 5) is 8.57. The van der Waals surface area contributed by atoms with E-state index in [0.717, 1.165) is 0 Å². The van der Waals surface area contributed by atoms with Crippen LogP contribution in [0, 0.1) is 0 Å². The number of anilines is 1. The van der Waals surface area contributed by atoms with E-state index in [1.54, 1.807) is 15.5 Å². The summed E-state index contributed by atoms with van der Waals surface area (Å²) in [5.41, 5.74) is 7.17. The summed E-state index contributed by atoms with van der Waals surface area (Å²) in [5, 5.41) is 8.67. The van der Waals surface area contributed by atoms with E-state index >= 15 is 0 Å². The van der Waals surface area contributed by atoms with Gasteiger partial charge in [-0.05, 0) is 0 Å². The first kappa shape index (κ1) is 11.2. The molecule has 18 heavy (non-hydrogen) atoms. The summed E-state index contributed by atoms with van der Waals surface area (Å²) in [5.74, 6) is 1.05. The number of rotatable bonds is 4. The SMILES string of the molecule is Nc1nc2c(ncn2COCCO)c2[n+]1CCO2. The quantitative estimate of drug-likeness (QED) is 0.516. The largest absolute Gasteiger partial charge is 0.463 e. The minimum atomic E-state index is -0.0173. The first-order valence-corrected chi connectivity index (χ1v) is 5.67. The van der Waals surface area contributed by atoms with Crippen molar-refractivity contribution in [1.29, 1.82) is 0 Å². The number of aromatic nitrogens is 4. The maximum absolute atomic E-state index is 8.67. The number of aliphatic hydroxyl groups excluding tert-OH is 1. The monoisotopic (exact) mass is 252 g/mol. The van der Waals surface area contributed by atoms with Gasteiger partial charge in [-0.2, -0.15) is 4.57 Å². The molecule has 3 rings (SSSR count). The lowest BCUT2D eigenvalue weighted by molar-refractivity contribution is -0.666. The highest BCUT2D eigenvalue weighted by atomic mass is 16.5. The van der Waals surface area contributed by atoms with Gasteiger partial charge >= 0.3 is 5.95 Å². The van der Waals surface area contributed by atoms with Gasteiger partial charge in [-0.1, -0.05) is 4.98 Å². The molecule has 0 amide bonds. The fraction of sp³-hybridized carbons (Fsp3) is 0.500. The van der Waals surface area contributed by atoms with E-state index in [9.17, 15) is 0 Å². The van der Waals surface area contributed by atoms with E-state index in [-0.39, 0.29) is 19.9 Å². The van der Waals surface area contributed by atoms with Crippen molar-refractivity contribution in [2.45, 2.75) is 13.3 Å². The lowest BCUT2D eigenvalue weighted by Crippen LogP contribution is -2.35. The predicted molar refractivity (Wildman–Crippen MR) is 60.7 cm³/mol. The molecular formula is C10H14N5O3+. The number of aliphatic hydroxyl groups is 1. The molecule has 2 aromatic rings. The minimum absolute atomic E-state index is 0.0173. The molecule has 0 unspecified atom stereocenters. The highest BCUT2D eigenvalue weighted by Gasteiger charge is 2.27. The van der Waals surface area contributed by atoms with Crippen LogP contribution >= 0.6 is 0 Å². The third kappa shape index (κ3) is 1.66. The van der Waals surface area contributed by atoms with E-state index in [4.69, 9.17) is 20.3 Å². The number of nitrogens with two attached hydrogens (primary N) is 1. The van der Waals surface area contributed by atoms with Gasteiger partial charge in [0.15, 0.2) is 0 Å². The molecule has 3 heterocycles. The van der Waals surface area contributed by atoms with Gasteiger partial charge in [-0.15, -0.1) is 0 Å². The zero-order valence-electron chi connectivity index (χ0n) is 9.74. The number of hydrogen-bond donors (Lipinski definition) is 2. The minimum Gasteiger partial charge on any atom is -0.463 e. The van der Waals surface area contributed by atoms with E-state index in [0.29, 0.717) is 36.1 Å². The molecule has 0 saturated heterocycles. The molecule has 8 heteroatoms. The molecule has 2 aromatic heterocycles. The van der Waals surface area contributed by atoms with Crippen LogP contribution in [0.2, 0.25) is 0 Å². The molecule has 0 spiro atoms. The van der Waals surface area contributed by atoms with Gasteiger partial charge in [0.25, 0.3) is 5.88 Å². The second-order valence-corrected chi connectivity index (χ2v) is 3.92. The Morgan fingerprint density at radius 1 is 1.61 bits per heavy atom. The third-order valence-electron chi connectivity index (χ3n) is 2.77. The predicted octanol–water partition coefficient (Wildman–Crippen LogP) is -1.34. The zero-order chi connectivity index (χ0) is 12.5. The summed E-state index contributed by atoms with van der Waals surface area (Å²) in [6.45, 7) is 1.80. The third-order valence-corrected chi connectivity index (χ3v) is 2.77. The number of nitrogen functional groups attached to an aromatic ring is 1. The van der Waals surface area contributed by atoms with Crippen molar-refractivity contribution < 1.29 is 19.1 Å². The maximum Gasteiger partial charge on any atom is 0.394 e. The summed E-state index contributed by atoms with van der Waals surface area (Å²) in [6, 6.07) is 0. The number of ether oxygens (including phenoxy) is 2. The molecule has 0 fully saturated rings. The van der Waals surface area contributed by atoms with E-state index in [1.165, 1.54) is 0 Å². The lowest BCUT2D eigenvalue weighted by Gasteiger charge is -2.03. The van der Waals surface area contributed by atoms with E-state index in [2.05, 4.69) is 9.97 Å². The molecule has 8 nitrogen and oxygen atoms in total. The molecule has 1 aliphatic rings. The number of imidazole rings is 1. The smallest absolute Gasteiger partial charge is 0.394 e. The molecule has 0 aromatic carbocycles. The first-order valence-electron chi connectivity index (χ1n) is 5.67. The van der Waals surface area contributed by atoms with Crippen molar-refractivity contribution in [3.8, 4) is 5.88 Å². The molecule has 3 N–H and O–H groups in total. The Balaban J connectivity index is 2.01. The molecular weight excluding hydrogens is 238 g/mol. The van der Waals surface area contributed by atoms with E-state index in [1.807, 2.05) is 0 Å². The van der Waals surface area contributed by atoms with Crippen molar-refractivity contribution in [3.63, 3.8) is 0 Å².